The molecule has 0 saturated heterocycles. The number of hydrogen-bond donors (Lipinski definition) is 8. The van der Waals surface area contributed by atoms with E-state index in [2.05, 4.69) is 20.9 Å². The van der Waals surface area contributed by atoms with Gasteiger partial charge in [-0.05, 0) is 24.7 Å². The van der Waals surface area contributed by atoms with Gasteiger partial charge in [-0.3, -0.25) is 24.2 Å². The summed E-state index contributed by atoms with van der Waals surface area (Å²) in [6.07, 6.45) is 0.130. The molecule has 4 unspecified atom stereocenters. The minimum atomic E-state index is -1.43. The lowest BCUT2D eigenvalue weighted by atomic mass is 10.0. The van der Waals surface area contributed by atoms with Crippen molar-refractivity contribution in [3.05, 3.63) is 0 Å². The molecule has 14 heteroatoms. The van der Waals surface area contributed by atoms with E-state index in [4.69, 9.17) is 22.9 Å². The molecular formula is C20H38N8O6. The van der Waals surface area contributed by atoms with Gasteiger partial charge in [-0.15, -0.1) is 0 Å². The summed E-state index contributed by atoms with van der Waals surface area (Å²) < 4.78 is 0. The molecule has 0 aromatic heterocycles. The Hall–Kier alpha value is -3.42. The van der Waals surface area contributed by atoms with Gasteiger partial charge in [-0.2, -0.15) is 0 Å². The first kappa shape index (κ1) is 30.6. The van der Waals surface area contributed by atoms with Crippen molar-refractivity contribution in [3.8, 4) is 0 Å². The summed E-state index contributed by atoms with van der Waals surface area (Å²) in [4.78, 5) is 64.6. The van der Waals surface area contributed by atoms with Gasteiger partial charge in [0.05, 0.1) is 12.5 Å². The molecule has 194 valence electrons. The van der Waals surface area contributed by atoms with E-state index >= 15 is 0 Å². The Kier molecular flexibility index (Phi) is 13.2. The van der Waals surface area contributed by atoms with Crippen LogP contribution in [-0.4, -0.2) is 71.4 Å². The maximum absolute atomic E-state index is 12.9. The van der Waals surface area contributed by atoms with Crippen LogP contribution in [0, 0.1) is 11.8 Å². The quantitative estimate of drug-likeness (QED) is 0.0669. The minimum absolute atomic E-state index is 0.0767. The molecule has 0 aliphatic carbocycles. The van der Waals surface area contributed by atoms with Gasteiger partial charge in [-0.1, -0.05) is 27.7 Å². The first-order chi connectivity index (χ1) is 15.7. The second kappa shape index (κ2) is 14.7. The SMILES string of the molecule is CC(C)C(NC(=O)C(CC(N)=O)NC(=O)C(NC(=O)C(N)CCCN=C(N)N)C(C)C)C(=O)O. The van der Waals surface area contributed by atoms with Crippen molar-refractivity contribution in [2.45, 2.75) is 71.1 Å². The number of guanidine groups is 1. The van der Waals surface area contributed by atoms with E-state index in [-0.39, 0.29) is 18.9 Å². The van der Waals surface area contributed by atoms with Crippen molar-refractivity contribution in [1.29, 1.82) is 0 Å². The van der Waals surface area contributed by atoms with Crippen LogP contribution in [0.3, 0.4) is 0 Å². The smallest absolute Gasteiger partial charge is 0.326 e. The maximum Gasteiger partial charge on any atom is 0.326 e. The number of amides is 4. The number of carbonyl (C=O) groups excluding carboxylic acids is 4. The van der Waals surface area contributed by atoms with Gasteiger partial charge < -0.3 is 44.0 Å². The van der Waals surface area contributed by atoms with E-state index in [1.807, 2.05) is 0 Å². The van der Waals surface area contributed by atoms with Crippen LogP contribution in [0.15, 0.2) is 4.99 Å². The highest BCUT2D eigenvalue weighted by molar-refractivity contribution is 5.96. The third-order valence-electron chi connectivity index (χ3n) is 4.82. The predicted molar refractivity (Wildman–Crippen MR) is 125 cm³/mol. The van der Waals surface area contributed by atoms with Gasteiger partial charge in [0.25, 0.3) is 0 Å². The zero-order chi connectivity index (χ0) is 26.6. The van der Waals surface area contributed by atoms with Crippen molar-refractivity contribution >= 4 is 35.6 Å². The molecule has 0 fully saturated rings. The van der Waals surface area contributed by atoms with Crippen LogP contribution in [0.4, 0.5) is 0 Å². The fourth-order valence-electron chi connectivity index (χ4n) is 2.89. The molecule has 4 atom stereocenters. The van der Waals surface area contributed by atoms with Crippen LogP contribution in [-0.2, 0) is 24.0 Å². The number of nitrogens with one attached hydrogen (secondary N) is 3. The van der Waals surface area contributed by atoms with Gasteiger partial charge in [0.15, 0.2) is 5.96 Å². The summed E-state index contributed by atoms with van der Waals surface area (Å²) in [5.41, 5.74) is 21.5. The van der Waals surface area contributed by atoms with E-state index in [0.29, 0.717) is 6.42 Å². The number of carboxylic acids is 1. The van der Waals surface area contributed by atoms with Gasteiger partial charge in [0.2, 0.25) is 23.6 Å². The first-order valence-corrected chi connectivity index (χ1v) is 10.9. The van der Waals surface area contributed by atoms with Gasteiger partial charge in [0.1, 0.15) is 18.1 Å². The molecule has 0 bridgehead atoms. The Morgan fingerprint density at radius 3 is 1.79 bits per heavy atom. The number of carbonyl (C=O) groups is 5. The Labute approximate surface area is 198 Å². The molecular weight excluding hydrogens is 448 g/mol. The molecule has 4 amide bonds. The molecule has 12 N–H and O–H groups in total. The van der Waals surface area contributed by atoms with Crippen LogP contribution in [0.1, 0.15) is 47.0 Å². The van der Waals surface area contributed by atoms with Crippen LogP contribution < -0.4 is 38.9 Å². The number of aliphatic carboxylic acids is 1. The average Bonchev–Trinajstić information content (AvgIpc) is 2.70. The molecule has 14 nitrogen and oxygen atoms in total. The summed E-state index contributed by atoms with van der Waals surface area (Å²) in [5, 5.41) is 16.5. The summed E-state index contributed by atoms with van der Waals surface area (Å²) >= 11 is 0. The topological polar surface area (TPSA) is 258 Å². The Bertz CT molecular complexity index is 766. The lowest BCUT2D eigenvalue weighted by molar-refractivity contribution is -0.143. The molecule has 34 heavy (non-hydrogen) atoms. The average molecular weight is 487 g/mol. The number of hydrogen-bond acceptors (Lipinski definition) is 7. The van der Waals surface area contributed by atoms with E-state index < -0.39 is 72.0 Å². The van der Waals surface area contributed by atoms with Gasteiger partial charge in [0, 0.05) is 6.54 Å². The third-order valence-corrected chi connectivity index (χ3v) is 4.82. The van der Waals surface area contributed by atoms with Crippen LogP contribution in [0.25, 0.3) is 0 Å². The van der Waals surface area contributed by atoms with E-state index in [1.165, 1.54) is 0 Å². The Balaban J connectivity index is 5.32. The second-order valence-electron chi connectivity index (χ2n) is 8.59. The zero-order valence-corrected chi connectivity index (χ0v) is 20.0. The highest BCUT2D eigenvalue weighted by Gasteiger charge is 2.33. The lowest BCUT2D eigenvalue weighted by Crippen LogP contribution is -2.59. The van der Waals surface area contributed by atoms with Crippen LogP contribution >= 0.6 is 0 Å². The molecule has 0 aromatic carbocycles. The van der Waals surface area contributed by atoms with Crippen LogP contribution in [0.5, 0.6) is 0 Å². The number of aliphatic imine (C=N–C) groups is 1. The van der Waals surface area contributed by atoms with Gasteiger partial charge in [-0.25, -0.2) is 4.79 Å². The molecule has 0 radical (unpaired) electrons. The van der Waals surface area contributed by atoms with Crippen molar-refractivity contribution in [2.24, 2.45) is 39.8 Å². The number of nitrogens with zero attached hydrogens (tertiary/aromatic N) is 1. The Morgan fingerprint density at radius 2 is 1.35 bits per heavy atom. The van der Waals surface area contributed by atoms with Gasteiger partial charge >= 0.3 is 5.97 Å². The largest absolute Gasteiger partial charge is 0.480 e. The summed E-state index contributed by atoms with van der Waals surface area (Å²) in [7, 11) is 0. The molecule has 0 aromatic rings. The molecule has 0 aliphatic heterocycles. The number of primary amides is 1. The van der Waals surface area contributed by atoms with E-state index in [1.54, 1.807) is 27.7 Å². The fourth-order valence-corrected chi connectivity index (χ4v) is 2.89. The first-order valence-electron chi connectivity index (χ1n) is 10.9. The normalized spacial score (nSPS) is 14.4. The van der Waals surface area contributed by atoms with Crippen molar-refractivity contribution < 1.29 is 29.1 Å². The van der Waals surface area contributed by atoms with E-state index in [9.17, 15) is 29.1 Å². The number of nitrogens with two attached hydrogens (primary N) is 4. The monoisotopic (exact) mass is 486 g/mol. The molecule has 0 saturated carbocycles. The summed E-state index contributed by atoms with van der Waals surface area (Å²) in [6, 6.07) is -4.69. The zero-order valence-electron chi connectivity index (χ0n) is 20.0. The van der Waals surface area contributed by atoms with Crippen molar-refractivity contribution in [2.75, 3.05) is 6.54 Å². The minimum Gasteiger partial charge on any atom is -0.480 e. The molecule has 0 rings (SSSR count). The molecule has 0 spiro atoms. The third kappa shape index (κ3) is 11.4. The second-order valence-corrected chi connectivity index (χ2v) is 8.59. The van der Waals surface area contributed by atoms with Crippen molar-refractivity contribution in [3.63, 3.8) is 0 Å². The van der Waals surface area contributed by atoms with Crippen LogP contribution in [0.2, 0.25) is 0 Å². The standard InChI is InChI=1S/C20H38N8O6/c1-9(2)14(27-16(30)11(21)6-5-7-25-20(23)24)18(32)26-12(8-13(22)29)17(31)28-15(10(3)4)19(33)34/h9-12,14-15H,5-8,21H2,1-4H3,(H2,22,29)(H,26,32)(H,27,30)(H,28,31)(H,33,34)(H4,23,24,25). The number of carboxylic acid groups (broad SMARTS) is 1. The molecule has 0 aliphatic rings. The number of rotatable bonds is 15. The highest BCUT2D eigenvalue weighted by atomic mass is 16.4. The predicted octanol–water partition coefficient (Wildman–Crippen LogP) is -2.91. The fraction of sp³-hybridized carbons (Fsp3) is 0.700. The highest BCUT2D eigenvalue weighted by Crippen LogP contribution is 2.07. The maximum atomic E-state index is 12.9. The Morgan fingerprint density at radius 1 is 0.824 bits per heavy atom. The van der Waals surface area contributed by atoms with Crippen molar-refractivity contribution in [1.82, 2.24) is 16.0 Å². The summed E-state index contributed by atoms with van der Waals surface area (Å²) in [6.45, 7) is 6.79. The lowest BCUT2D eigenvalue weighted by Gasteiger charge is -2.27. The summed E-state index contributed by atoms with van der Waals surface area (Å²) in [5.74, 6) is -5.33. The molecule has 0 heterocycles. The van der Waals surface area contributed by atoms with E-state index in [0.717, 1.165) is 0 Å².